The van der Waals surface area contributed by atoms with Crippen molar-refractivity contribution in [2.75, 3.05) is 11.9 Å². The summed E-state index contributed by atoms with van der Waals surface area (Å²) in [4.78, 5) is 33.3. The Kier molecular flexibility index (Phi) is 4.95. The first-order valence-electron chi connectivity index (χ1n) is 7.35. The first-order chi connectivity index (χ1) is 12.3. The number of fused-ring (bicyclic) bond motifs is 1. The third-order valence-corrected chi connectivity index (χ3v) is 5.54. The molecule has 1 unspecified atom stereocenters. The number of thiazole rings is 1. The number of nitro benzene ring substituents is 1. The number of benzene rings is 1. The lowest BCUT2D eigenvalue weighted by molar-refractivity contribution is -0.385. The van der Waals surface area contributed by atoms with Crippen LogP contribution in [0.4, 0.5) is 16.5 Å². The molecule has 0 radical (unpaired) electrons. The highest BCUT2D eigenvalue weighted by Gasteiger charge is 2.30. The maximum absolute atomic E-state index is 12.3. The van der Waals surface area contributed by atoms with E-state index >= 15 is 0 Å². The summed E-state index contributed by atoms with van der Waals surface area (Å²) in [6, 6.07) is 4.62. The van der Waals surface area contributed by atoms with Gasteiger partial charge in [-0.2, -0.15) is 4.99 Å². The van der Waals surface area contributed by atoms with Crippen molar-refractivity contribution in [1.82, 2.24) is 10.3 Å². The lowest BCUT2D eigenvalue weighted by Crippen LogP contribution is -2.42. The van der Waals surface area contributed by atoms with Crippen LogP contribution in [0, 0.1) is 10.1 Å². The molecular weight excluding hydrogens is 378 g/mol. The van der Waals surface area contributed by atoms with Gasteiger partial charge >= 0.3 is 0 Å². The van der Waals surface area contributed by atoms with Crippen molar-refractivity contribution in [3.05, 3.63) is 39.4 Å². The quantitative estimate of drug-likeness (QED) is 0.296. The average molecular weight is 393 g/mol. The zero-order valence-corrected chi connectivity index (χ0v) is 15.2. The molecule has 3 rings (SSSR count). The van der Waals surface area contributed by atoms with Gasteiger partial charge in [-0.25, -0.2) is 4.98 Å². The largest absolute Gasteiger partial charge is 0.370 e. The van der Waals surface area contributed by atoms with Gasteiger partial charge in [0.2, 0.25) is 11.0 Å². The Bertz CT molecular complexity index is 894. The molecular formula is C14H15N7O3S2. The van der Waals surface area contributed by atoms with Gasteiger partial charge in [-0.05, 0) is 6.07 Å². The van der Waals surface area contributed by atoms with Gasteiger partial charge in [0.25, 0.3) is 5.69 Å². The van der Waals surface area contributed by atoms with Crippen molar-refractivity contribution in [1.29, 1.82) is 0 Å². The normalized spacial score (nSPS) is 15.4. The molecule has 0 saturated heterocycles. The van der Waals surface area contributed by atoms with E-state index in [-0.39, 0.29) is 29.5 Å². The van der Waals surface area contributed by atoms with Crippen LogP contribution in [0.1, 0.15) is 5.69 Å². The van der Waals surface area contributed by atoms with Crippen molar-refractivity contribution in [2.45, 2.75) is 16.8 Å². The Hall–Kier alpha value is -2.86. The number of nitro groups is 1. The number of carbonyl (C=O) groups excluding carboxylic acids is 1. The zero-order chi connectivity index (χ0) is 18.8. The molecule has 1 aliphatic rings. The molecule has 1 amide bonds. The number of hydrogen-bond acceptors (Lipinski definition) is 8. The fourth-order valence-electron chi connectivity index (χ4n) is 2.35. The van der Waals surface area contributed by atoms with E-state index in [0.29, 0.717) is 10.8 Å². The minimum Gasteiger partial charge on any atom is -0.370 e. The van der Waals surface area contributed by atoms with Crippen LogP contribution in [0.15, 0.2) is 33.5 Å². The van der Waals surface area contributed by atoms with Gasteiger partial charge in [0, 0.05) is 29.5 Å². The molecule has 0 spiro atoms. The Morgan fingerprint density at radius 2 is 2.27 bits per heavy atom. The van der Waals surface area contributed by atoms with Crippen LogP contribution in [0.25, 0.3) is 0 Å². The third kappa shape index (κ3) is 3.86. The highest BCUT2D eigenvalue weighted by atomic mass is 32.2. The van der Waals surface area contributed by atoms with Crippen LogP contribution in [0.5, 0.6) is 0 Å². The van der Waals surface area contributed by atoms with Crippen LogP contribution in [-0.4, -0.2) is 34.3 Å². The lowest BCUT2D eigenvalue weighted by Gasteiger charge is -2.22. The predicted molar refractivity (Wildman–Crippen MR) is 101 cm³/mol. The van der Waals surface area contributed by atoms with E-state index in [2.05, 4.69) is 15.3 Å². The van der Waals surface area contributed by atoms with E-state index < -0.39 is 4.92 Å². The summed E-state index contributed by atoms with van der Waals surface area (Å²) in [5, 5.41) is 15.9. The van der Waals surface area contributed by atoms with Crippen LogP contribution < -0.4 is 21.7 Å². The smallest absolute Gasteiger partial charge is 0.270 e. The second-order valence-electron chi connectivity index (χ2n) is 5.39. The maximum atomic E-state index is 12.3. The molecule has 0 saturated carbocycles. The van der Waals surface area contributed by atoms with Crippen LogP contribution in [0.3, 0.4) is 0 Å². The van der Waals surface area contributed by atoms with Gasteiger partial charge in [0.1, 0.15) is 0 Å². The first kappa shape index (κ1) is 17.9. The predicted octanol–water partition coefficient (Wildman–Crippen LogP) is 1.14. The third-order valence-electron chi connectivity index (χ3n) is 3.52. The summed E-state index contributed by atoms with van der Waals surface area (Å²) in [6.07, 6.45) is 0.0812. The van der Waals surface area contributed by atoms with E-state index in [9.17, 15) is 14.9 Å². The summed E-state index contributed by atoms with van der Waals surface area (Å²) >= 11 is 2.58. The maximum Gasteiger partial charge on any atom is 0.270 e. The number of non-ortho nitro benzene ring substituents is 1. The molecule has 1 aromatic carbocycles. The van der Waals surface area contributed by atoms with Crippen molar-refractivity contribution in [3.8, 4) is 0 Å². The van der Waals surface area contributed by atoms with Gasteiger partial charge in [0.15, 0.2) is 11.5 Å². The molecule has 10 nitrogen and oxygen atoms in total. The molecule has 0 fully saturated rings. The number of nitrogens with two attached hydrogens (primary N) is 2. The fraction of sp³-hybridized carbons (Fsp3) is 0.214. The Labute approximate surface area is 156 Å². The summed E-state index contributed by atoms with van der Waals surface area (Å²) in [5.74, 6) is -0.315. The monoisotopic (exact) mass is 393 g/mol. The van der Waals surface area contributed by atoms with Gasteiger partial charge in [-0.15, -0.1) is 11.3 Å². The fourth-order valence-corrected chi connectivity index (χ4v) is 4.28. The number of rotatable bonds is 5. The van der Waals surface area contributed by atoms with Gasteiger partial charge in [-0.1, -0.05) is 11.8 Å². The topological polar surface area (TPSA) is 153 Å². The molecule has 136 valence electrons. The second kappa shape index (κ2) is 7.17. The zero-order valence-electron chi connectivity index (χ0n) is 13.6. The van der Waals surface area contributed by atoms with Crippen LogP contribution in [0.2, 0.25) is 0 Å². The summed E-state index contributed by atoms with van der Waals surface area (Å²) < 4.78 is 0. The average Bonchev–Trinajstić information content (AvgIpc) is 3.11. The Morgan fingerprint density at radius 3 is 2.96 bits per heavy atom. The van der Waals surface area contributed by atoms with E-state index in [1.54, 1.807) is 11.4 Å². The summed E-state index contributed by atoms with van der Waals surface area (Å²) in [5.41, 5.74) is 11.6. The molecule has 2 heterocycles. The molecule has 12 heteroatoms. The van der Waals surface area contributed by atoms with E-state index in [4.69, 9.17) is 11.5 Å². The Morgan fingerprint density at radius 1 is 1.50 bits per heavy atom. The molecule has 5 N–H and O–H groups in total. The number of aliphatic imine (C=N–C) groups is 1. The number of aromatic nitrogens is 1. The summed E-state index contributed by atoms with van der Waals surface area (Å²) in [6.45, 7) is 0. The molecule has 1 aromatic heterocycles. The van der Waals surface area contributed by atoms with Crippen LogP contribution in [-0.2, 0) is 11.2 Å². The van der Waals surface area contributed by atoms with Gasteiger partial charge in [0.05, 0.1) is 22.7 Å². The van der Waals surface area contributed by atoms with Crippen molar-refractivity contribution in [3.63, 3.8) is 0 Å². The minimum atomic E-state index is -0.441. The molecule has 0 bridgehead atoms. The number of anilines is 1. The molecule has 0 aliphatic carbocycles. The first-order valence-corrected chi connectivity index (χ1v) is 9.11. The lowest BCUT2D eigenvalue weighted by atomic mass is 10.2. The number of nitrogens with one attached hydrogen (secondary N) is 1. The number of hydrogen-bond donors (Lipinski definition) is 3. The van der Waals surface area contributed by atoms with Crippen LogP contribution >= 0.6 is 23.1 Å². The van der Waals surface area contributed by atoms with Crippen molar-refractivity contribution in [2.24, 2.45) is 16.5 Å². The van der Waals surface area contributed by atoms with Gasteiger partial charge < -0.3 is 21.7 Å². The second-order valence-corrected chi connectivity index (χ2v) is 7.35. The number of guanidine groups is 1. The Balaban J connectivity index is 1.64. The minimum absolute atomic E-state index is 0.0198. The van der Waals surface area contributed by atoms with E-state index in [0.717, 1.165) is 10.6 Å². The molecule has 26 heavy (non-hydrogen) atoms. The molecule has 2 aromatic rings. The van der Waals surface area contributed by atoms with E-state index in [1.165, 1.54) is 35.2 Å². The van der Waals surface area contributed by atoms with E-state index in [1.807, 2.05) is 11.9 Å². The molecule has 1 atom stereocenters. The number of thioether (sulfide) groups is 1. The van der Waals surface area contributed by atoms with Crippen molar-refractivity contribution < 1.29 is 9.72 Å². The summed E-state index contributed by atoms with van der Waals surface area (Å²) in [7, 11) is 1.81. The highest BCUT2D eigenvalue weighted by Crippen LogP contribution is 2.42. The number of carbonyl (C=O) groups is 1. The number of amides is 1. The highest BCUT2D eigenvalue weighted by molar-refractivity contribution is 8.00. The van der Waals surface area contributed by atoms with Crippen molar-refractivity contribution >= 4 is 51.5 Å². The SMILES string of the molecule is CN1c2ccc([N+](=O)[O-])cc2SC1NC(=O)Cc1csc(N=C(N)N)n1. The number of nitrogens with zero attached hydrogens (tertiary/aromatic N) is 4. The molecule has 1 aliphatic heterocycles. The van der Waals surface area contributed by atoms with Gasteiger partial charge in [-0.3, -0.25) is 14.9 Å². The standard InChI is InChI=1S/C14H15N7O3S2/c1-20-9-3-2-8(21(23)24)5-10(9)26-14(20)18-11(22)4-7-6-25-13(17-7)19-12(15)16/h2-3,5-6,14H,4H2,1H3,(H,18,22)(H4,15,16,17,19).